The summed E-state index contributed by atoms with van der Waals surface area (Å²) in [7, 11) is 1.47. The maximum atomic E-state index is 13.3. The van der Waals surface area contributed by atoms with E-state index in [4.69, 9.17) is 9.15 Å². The third kappa shape index (κ3) is 3.93. The molecule has 1 amide bonds. The van der Waals surface area contributed by atoms with E-state index in [1.54, 1.807) is 18.2 Å². The zero-order chi connectivity index (χ0) is 23.9. The first-order valence-corrected chi connectivity index (χ1v) is 10.2. The van der Waals surface area contributed by atoms with Gasteiger partial charge in [-0.25, -0.2) is 9.18 Å². The van der Waals surface area contributed by atoms with Gasteiger partial charge >= 0.3 is 5.97 Å². The fourth-order valence-electron chi connectivity index (χ4n) is 3.80. The van der Waals surface area contributed by atoms with Crippen molar-refractivity contribution >= 4 is 39.5 Å². The number of carbonyl (C=O) groups is 3. The van der Waals surface area contributed by atoms with Crippen LogP contribution >= 0.6 is 0 Å². The van der Waals surface area contributed by atoms with Gasteiger partial charge in [-0.3, -0.25) is 9.59 Å². The summed E-state index contributed by atoms with van der Waals surface area (Å²) in [6, 6.07) is 7.40. The average Bonchev–Trinajstić information content (AvgIpc) is 3.35. The van der Waals surface area contributed by atoms with Crippen LogP contribution < -0.4 is 10.1 Å². The SMILES string of the molecule is CNC(=O)c1c(Cc2ccc(F)cc2)oc2c1cc(OC(C)C)c1[nH]cc(C(=O)C(=O)O)c12. The summed E-state index contributed by atoms with van der Waals surface area (Å²) in [4.78, 5) is 39.6. The Morgan fingerprint density at radius 2 is 1.91 bits per heavy atom. The van der Waals surface area contributed by atoms with E-state index in [0.29, 0.717) is 22.2 Å². The van der Waals surface area contributed by atoms with Crippen LogP contribution in [0.25, 0.3) is 21.9 Å². The van der Waals surface area contributed by atoms with Gasteiger partial charge in [0, 0.05) is 25.1 Å². The number of ether oxygens (including phenoxy) is 1. The summed E-state index contributed by atoms with van der Waals surface area (Å²) in [5.74, 6) is -2.94. The highest BCUT2D eigenvalue weighted by molar-refractivity contribution is 6.43. The minimum atomic E-state index is -1.62. The number of ketones is 1. The van der Waals surface area contributed by atoms with E-state index in [0.717, 1.165) is 0 Å². The van der Waals surface area contributed by atoms with Gasteiger partial charge in [0.1, 0.15) is 22.9 Å². The number of amides is 1. The van der Waals surface area contributed by atoms with E-state index in [-0.39, 0.29) is 40.4 Å². The molecule has 4 aromatic rings. The lowest BCUT2D eigenvalue weighted by molar-refractivity contribution is -0.131. The number of nitrogens with one attached hydrogen (secondary N) is 2. The number of furan rings is 1. The van der Waals surface area contributed by atoms with Crippen molar-refractivity contribution in [3.63, 3.8) is 0 Å². The zero-order valence-corrected chi connectivity index (χ0v) is 18.1. The summed E-state index contributed by atoms with van der Waals surface area (Å²) in [6.45, 7) is 3.63. The normalized spacial score (nSPS) is 11.3. The van der Waals surface area contributed by atoms with E-state index in [1.807, 2.05) is 13.8 Å². The molecule has 0 aliphatic carbocycles. The number of hydrogen-bond acceptors (Lipinski definition) is 5. The standard InChI is InChI=1S/C24H21FN2O6/c1-11(2)32-17-9-14-18(23(29)26-3)16(8-12-4-6-13(25)7-5-12)33-22(14)19-15(10-27-20(17)19)21(28)24(30)31/h4-7,9-11,27H,8H2,1-3H3,(H,26,29)(H,30,31). The number of fused-ring (bicyclic) bond motifs is 3. The quantitative estimate of drug-likeness (QED) is 0.287. The number of rotatable bonds is 7. The Morgan fingerprint density at radius 1 is 1.21 bits per heavy atom. The Labute approximate surface area is 187 Å². The Balaban J connectivity index is 2.05. The van der Waals surface area contributed by atoms with E-state index >= 15 is 0 Å². The van der Waals surface area contributed by atoms with Crippen molar-refractivity contribution < 1.29 is 33.0 Å². The molecule has 2 heterocycles. The van der Waals surface area contributed by atoms with Gasteiger partial charge in [-0.05, 0) is 37.6 Å². The van der Waals surface area contributed by atoms with Crippen molar-refractivity contribution in [2.24, 2.45) is 0 Å². The summed E-state index contributed by atoms with van der Waals surface area (Å²) < 4.78 is 25.3. The van der Waals surface area contributed by atoms with Crippen LogP contribution in [0.1, 0.15) is 45.9 Å². The van der Waals surface area contributed by atoms with Crippen LogP contribution in [0.3, 0.4) is 0 Å². The molecular formula is C24H21FN2O6. The number of aliphatic carboxylic acids is 1. The van der Waals surface area contributed by atoms with E-state index in [9.17, 15) is 23.9 Å². The number of carboxylic acid groups (broad SMARTS) is 1. The number of halogens is 1. The minimum Gasteiger partial charge on any atom is -0.489 e. The number of H-pyrrole nitrogens is 1. The van der Waals surface area contributed by atoms with Crippen LogP contribution in [0.15, 0.2) is 40.9 Å². The fourth-order valence-corrected chi connectivity index (χ4v) is 3.80. The van der Waals surface area contributed by atoms with Crippen molar-refractivity contribution in [2.75, 3.05) is 7.05 Å². The molecule has 0 fully saturated rings. The molecule has 0 aliphatic rings. The van der Waals surface area contributed by atoms with E-state index in [1.165, 1.54) is 25.4 Å². The highest BCUT2D eigenvalue weighted by atomic mass is 19.1. The Morgan fingerprint density at radius 3 is 2.52 bits per heavy atom. The van der Waals surface area contributed by atoms with Crippen molar-refractivity contribution in [3.8, 4) is 5.75 Å². The highest BCUT2D eigenvalue weighted by Gasteiger charge is 2.28. The molecule has 8 nitrogen and oxygen atoms in total. The Hall–Kier alpha value is -4.14. The molecule has 2 aromatic carbocycles. The van der Waals surface area contributed by atoms with Crippen molar-refractivity contribution in [2.45, 2.75) is 26.4 Å². The lowest BCUT2D eigenvalue weighted by Gasteiger charge is -2.11. The molecule has 9 heteroatoms. The smallest absolute Gasteiger partial charge is 0.377 e. The maximum Gasteiger partial charge on any atom is 0.377 e. The van der Waals surface area contributed by atoms with Crippen molar-refractivity contribution in [1.82, 2.24) is 10.3 Å². The first kappa shape index (κ1) is 22.1. The van der Waals surface area contributed by atoms with Gasteiger partial charge in [0.2, 0.25) is 0 Å². The molecule has 0 atom stereocenters. The monoisotopic (exact) mass is 452 g/mol. The van der Waals surface area contributed by atoms with Gasteiger partial charge in [-0.15, -0.1) is 0 Å². The largest absolute Gasteiger partial charge is 0.489 e. The van der Waals surface area contributed by atoms with Gasteiger partial charge in [-0.1, -0.05) is 12.1 Å². The molecule has 3 N–H and O–H groups in total. The molecule has 0 aliphatic heterocycles. The Bertz CT molecular complexity index is 1400. The summed E-state index contributed by atoms with van der Waals surface area (Å²) in [5.41, 5.74) is 1.38. The zero-order valence-electron chi connectivity index (χ0n) is 18.1. The molecule has 0 saturated heterocycles. The van der Waals surface area contributed by atoms with E-state index in [2.05, 4.69) is 10.3 Å². The predicted molar refractivity (Wildman–Crippen MR) is 118 cm³/mol. The van der Waals surface area contributed by atoms with Crippen LogP contribution in [0.5, 0.6) is 5.75 Å². The molecule has 0 saturated carbocycles. The molecule has 0 unspecified atom stereocenters. The second-order valence-corrected chi connectivity index (χ2v) is 7.79. The lowest BCUT2D eigenvalue weighted by Crippen LogP contribution is -2.19. The third-order valence-corrected chi connectivity index (χ3v) is 5.18. The summed E-state index contributed by atoms with van der Waals surface area (Å²) in [5, 5.41) is 12.5. The molecule has 0 bridgehead atoms. The number of aromatic amines is 1. The highest BCUT2D eigenvalue weighted by Crippen LogP contribution is 2.40. The van der Waals surface area contributed by atoms with E-state index < -0.39 is 23.5 Å². The van der Waals surface area contributed by atoms with Gasteiger partial charge < -0.3 is 24.6 Å². The maximum absolute atomic E-state index is 13.3. The van der Waals surface area contributed by atoms with Crippen LogP contribution in [-0.4, -0.2) is 40.9 Å². The molecular weight excluding hydrogens is 431 g/mol. The molecule has 33 heavy (non-hydrogen) atoms. The number of benzene rings is 2. The minimum absolute atomic E-state index is 0.109. The average molecular weight is 452 g/mol. The Kier molecular flexibility index (Phi) is 5.63. The molecule has 0 radical (unpaired) electrons. The molecule has 0 spiro atoms. The van der Waals surface area contributed by atoms with Crippen molar-refractivity contribution in [3.05, 3.63) is 64.8 Å². The lowest BCUT2D eigenvalue weighted by atomic mass is 10.0. The second-order valence-electron chi connectivity index (χ2n) is 7.79. The van der Waals surface area contributed by atoms with Gasteiger partial charge in [0.25, 0.3) is 11.7 Å². The van der Waals surface area contributed by atoms with Gasteiger partial charge in [-0.2, -0.15) is 0 Å². The number of carbonyl (C=O) groups excluding carboxylic acids is 2. The third-order valence-electron chi connectivity index (χ3n) is 5.18. The number of aromatic nitrogens is 1. The van der Waals surface area contributed by atoms with Crippen molar-refractivity contribution in [1.29, 1.82) is 0 Å². The molecule has 4 rings (SSSR count). The van der Waals surface area contributed by atoms with Crippen LogP contribution in [-0.2, 0) is 11.2 Å². The fraction of sp³-hybridized carbons (Fsp3) is 0.208. The van der Waals surface area contributed by atoms with Gasteiger partial charge in [0.05, 0.1) is 28.1 Å². The summed E-state index contributed by atoms with van der Waals surface area (Å²) in [6.07, 6.45) is 1.23. The first-order chi connectivity index (χ1) is 15.7. The predicted octanol–water partition coefficient (Wildman–Crippen LogP) is 4.06. The second kappa shape index (κ2) is 8.42. The first-order valence-electron chi connectivity index (χ1n) is 10.2. The number of carboxylic acids is 1. The van der Waals surface area contributed by atoms with Crippen LogP contribution in [0.4, 0.5) is 4.39 Å². The topological polar surface area (TPSA) is 122 Å². The van der Waals surface area contributed by atoms with Crippen LogP contribution in [0, 0.1) is 5.82 Å². The van der Waals surface area contributed by atoms with Gasteiger partial charge in [0.15, 0.2) is 0 Å². The molecule has 170 valence electrons. The summed E-state index contributed by atoms with van der Waals surface area (Å²) >= 11 is 0. The number of hydrogen-bond donors (Lipinski definition) is 3. The molecule has 2 aromatic heterocycles. The van der Waals surface area contributed by atoms with Crippen LogP contribution in [0.2, 0.25) is 0 Å². The number of Topliss-reactive ketones (excluding diaryl/α,β-unsaturated/α-hetero) is 1.